The minimum atomic E-state index is -0.928. The first-order chi connectivity index (χ1) is 9.17. The van der Waals surface area contributed by atoms with E-state index in [1.807, 2.05) is 0 Å². The zero-order chi connectivity index (χ0) is 13.3. The Hall–Kier alpha value is -1.36. The van der Waals surface area contributed by atoms with E-state index in [0.29, 0.717) is 6.54 Å². The Kier molecular flexibility index (Phi) is 3.31. The highest BCUT2D eigenvalue weighted by molar-refractivity contribution is 5.86. The molecule has 1 aliphatic carbocycles. The van der Waals surface area contributed by atoms with Crippen LogP contribution in [0.2, 0.25) is 0 Å². The van der Waals surface area contributed by atoms with Gasteiger partial charge in [0.1, 0.15) is 0 Å². The average Bonchev–Trinajstić information content (AvgIpc) is 2.99. The molecule has 1 atom stereocenters. The number of carboxylic acid groups (broad SMARTS) is 1. The Morgan fingerprint density at radius 1 is 1.42 bits per heavy atom. The van der Waals surface area contributed by atoms with E-state index in [-0.39, 0.29) is 17.3 Å². The Labute approximate surface area is 112 Å². The number of hydrogen-bond donors (Lipinski definition) is 1. The predicted molar refractivity (Wildman–Crippen MR) is 69.1 cm³/mol. The molecule has 3 rings (SSSR count). The summed E-state index contributed by atoms with van der Waals surface area (Å²) in [5.41, 5.74) is 0.358. The van der Waals surface area contributed by atoms with Gasteiger partial charge in [-0.15, -0.1) is 0 Å². The van der Waals surface area contributed by atoms with Gasteiger partial charge in [-0.1, -0.05) is 19.3 Å². The first-order valence-corrected chi connectivity index (χ1v) is 7.10. The van der Waals surface area contributed by atoms with Crippen LogP contribution in [0, 0.1) is 0 Å². The molecule has 1 saturated heterocycles. The van der Waals surface area contributed by atoms with Gasteiger partial charge in [0.15, 0.2) is 0 Å². The summed E-state index contributed by atoms with van der Waals surface area (Å²) in [5, 5.41) is 13.0. The Bertz CT molecular complexity index is 463. The quantitative estimate of drug-likeness (QED) is 0.910. The van der Waals surface area contributed by atoms with E-state index >= 15 is 0 Å². The molecule has 1 N–H and O–H groups in total. The van der Waals surface area contributed by atoms with E-state index in [0.717, 1.165) is 12.8 Å². The van der Waals surface area contributed by atoms with Crippen molar-refractivity contribution in [3.8, 4) is 0 Å². The lowest BCUT2D eigenvalue weighted by atomic mass is 9.83. The summed E-state index contributed by atoms with van der Waals surface area (Å²) in [6.45, 7) is 0.662. The predicted octanol–water partition coefficient (Wildman–Crippen LogP) is 2.46. The Morgan fingerprint density at radius 2 is 2.21 bits per heavy atom. The summed E-state index contributed by atoms with van der Waals surface area (Å²) in [6, 6.07) is 0. The van der Waals surface area contributed by atoms with Gasteiger partial charge >= 0.3 is 5.97 Å². The summed E-state index contributed by atoms with van der Waals surface area (Å²) in [5.74, 6) is -0.928. The molecular formula is C14H20N2O3. The summed E-state index contributed by atoms with van der Waals surface area (Å²) < 4.78 is 7.95. The first-order valence-electron chi connectivity index (χ1n) is 7.10. The van der Waals surface area contributed by atoms with Crippen LogP contribution >= 0.6 is 0 Å². The molecule has 1 aliphatic heterocycles. The van der Waals surface area contributed by atoms with Crippen molar-refractivity contribution in [1.82, 2.24) is 9.78 Å². The van der Waals surface area contributed by atoms with Crippen LogP contribution in [-0.2, 0) is 11.3 Å². The number of carbonyl (C=O) groups is 1. The van der Waals surface area contributed by atoms with E-state index < -0.39 is 5.97 Å². The van der Waals surface area contributed by atoms with Crippen molar-refractivity contribution in [3.63, 3.8) is 0 Å². The molecule has 0 radical (unpaired) electrons. The summed E-state index contributed by atoms with van der Waals surface area (Å²) in [4.78, 5) is 10.8. The highest BCUT2D eigenvalue weighted by Crippen LogP contribution is 2.42. The topological polar surface area (TPSA) is 64.3 Å². The van der Waals surface area contributed by atoms with E-state index in [2.05, 4.69) is 5.10 Å². The van der Waals surface area contributed by atoms with Crippen LogP contribution < -0.4 is 0 Å². The number of aromatic carboxylic acids is 1. The molecule has 0 bridgehead atoms. The monoisotopic (exact) mass is 264 g/mol. The molecule has 1 aromatic rings. The van der Waals surface area contributed by atoms with Crippen LogP contribution in [0.3, 0.4) is 0 Å². The van der Waals surface area contributed by atoms with E-state index in [4.69, 9.17) is 9.84 Å². The number of aromatic nitrogens is 2. The van der Waals surface area contributed by atoms with Crippen molar-refractivity contribution < 1.29 is 14.6 Å². The fourth-order valence-corrected chi connectivity index (χ4v) is 3.37. The van der Waals surface area contributed by atoms with Crippen LogP contribution in [-0.4, -0.2) is 32.6 Å². The largest absolute Gasteiger partial charge is 0.478 e. The fourth-order valence-electron chi connectivity index (χ4n) is 3.37. The van der Waals surface area contributed by atoms with Crippen molar-refractivity contribution in [2.45, 2.75) is 63.2 Å². The zero-order valence-electron chi connectivity index (χ0n) is 11.0. The van der Waals surface area contributed by atoms with Crippen LogP contribution in [0.25, 0.3) is 0 Å². The molecule has 0 amide bonds. The van der Waals surface area contributed by atoms with Crippen molar-refractivity contribution in [1.29, 1.82) is 0 Å². The molecule has 5 nitrogen and oxygen atoms in total. The molecule has 1 spiro atoms. The van der Waals surface area contributed by atoms with Gasteiger partial charge in [-0.05, 0) is 25.7 Å². The van der Waals surface area contributed by atoms with E-state index in [9.17, 15) is 4.79 Å². The second-order valence-corrected chi connectivity index (χ2v) is 5.78. The zero-order valence-corrected chi connectivity index (χ0v) is 11.0. The van der Waals surface area contributed by atoms with Gasteiger partial charge in [0.25, 0.3) is 0 Å². The van der Waals surface area contributed by atoms with Crippen molar-refractivity contribution in [2.24, 2.45) is 0 Å². The molecule has 2 heterocycles. The van der Waals surface area contributed by atoms with Gasteiger partial charge in [0, 0.05) is 6.20 Å². The molecular weight excluding hydrogens is 244 g/mol. The smallest absolute Gasteiger partial charge is 0.338 e. The normalized spacial score (nSPS) is 25.8. The van der Waals surface area contributed by atoms with Crippen LogP contribution in [0.4, 0.5) is 0 Å². The second-order valence-electron chi connectivity index (χ2n) is 5.78. The number of hydrogen-bond acceptors (Lipinski definition) is 3. The molecule has 2 fully saturated rings. The van der Waals surface area contributed by atoms with Crippen LogP contribution in [0.15, 0.2) is 12.4 Å². The Morgan fingerprint density at radius 3 is 2.89 bits per heavy atom. The Balaban J connectivity index is 1.60. The highest BCUT2D eigenvalue weighted by atomic mass is 16.5. The van der Waals surface area contributed by atoms with Crippen molar-refractivity contribution in [2.75, 3.05) is 0 Å². The van der Waals surface area contributed by atoms with Gasteiger partial charge in [0.05, 0.1) is 30.0 Å². The SMILES string of the molecule is O=C(O)c1cnn(CC2CCC3(CCCCC3)O2)c1. The number of nitrogens with zero attached hydrogens (tertiary/aromatic N) is 2. The number of carboxylic acids is 1. The molecule has 2 aliphatic rings. The lowest BCUT2D eigenvalue weighted by Crippen LogP contribution is -2.32. The summed E-state index contributed by atoms with van der Waals surface area (Å²) >= 11 is 0. The van der Waals surface area contributed by atoms with Crippen molar-refractivity contribution >= 4 is 5.97 Å². The lowest BCUT2D eigenvalue weighted by Gasteiger charge is -2.33. The number of rotatable bonds is 3. The summed E-state index contributed by atoms with van der Waals surface area (Å²) in [6.07, 6.45) is 11.6. The molecule has 1 saturated carbocycles. The minimum absolute atomic E-state index is 0.117. The second kappa shape index (κ2) is 4.96. The number of ether oxygens (including phenoxy) is 1. The molecule has 5 heteroatoms. The third-order valence-corrected chi connectivity index (χ3v) is 4.37. The van der Waals surface area contributed by atoms with Crippen molar-refractivity contribution in [3.05, 3.63) is 18.0 Å². The van der Waals surface area contributed by atoms with Gasteiger partial charge in [0.2, 0.25) is 0 Å². The van der Waals surface area contributed by atoms with Gasteiger partial charge in [-0.25, -0.2) is 4.79 Å². The molecule has 1 unspecified atom stereocenters. The lowest BCUT2D eigenvalue weighted by molar-refractivity contribution is -0.0688. The third kappa shape index (κ3) is 2.66. The average molecular weight is 264 g/mol. The maximum atomic E-state index is 10.8. The van der Waals surface area contributed by atoms with Crippen LogP contribution in [0.5, 0.6) is 0 Å². The first kappa shape index (κ1) is 12.7. The highest BCUT2D eigenvalue weighted by Gasteiger charge is 2.40. The maximum Gasteiger partial charge on any atom is 0.338 e. The van der Waals surface area contributed by atoms with Gasteiger partial charge in [-0.3, -0.25) is 4.68 Å². The fraction of sp³-hybridized carbons (Fsp3) is 0.714. The van der Waals surface area contributed by atoms with Gasteiger partial charge in [-0.2, -0.15) is 5.10 Å². The van der Waals surface area contributed by atoms with E-state index in [1.54, 1.807) is 10.9 Å². The third-order valence-electron chi connectivity index (χ3n) is 4.37. The standard InChI is InChI=1S/C14H20N2O3/c17-13(18)11-8-15-16(9-11)10-12-4-7-14(19-12)5-2-1-3-6-14/h8-9,12H,1-7,10H2,(H,17,18). The molecule has 1 aromatic heterocycles. The molecule has 19 heavy (non-hydrogen) atoms. The van der Waals surface area contributed by atoms with E-state index in [1.165, 1.54) is 38.3 Å². The summed E-state index contributed by atoms with van der Waals surface area (Å²) in [7, 11) is 0. The van der Waals surface area contributed by atoms with Crippen LogP contribution in [0.1, 0.15) is 55.3 Å². The molecule has 0 aromatic carbocycles. The van der Waals surface area contributed by atoms with Gasteiger partial charge < -0.3 is 9.84 Å². The maximum absolute atomic E-state index is 10.8. The minimum Gasteiger partial charge on any atom is -0.478 e. The molecule has 104 valence electrons.